The minimum absolute atomic E-state index is 0.0767. The predicted octanol–water partition coefficient (Wildman–Crippen LogP) is 5.27. The van der Waals surface area contributed by atoms with E-state index in [1.54, 1.807) is 30.7 Å². The Hall–Kier alpha value is -3.38. The smallest absolute Gasteiger partial charge is 0.343 e. The molecule has 2 aromatic carbocycles. The van der Waals surface area contributed by atoms with Crippen LogP contribution in [0.25, 0.3) is 11.3 Å². The lowest BCUT2D eigenvalue weighted by Crippen LogP contribution is -2.25. The highest BCUT2D eigenvalue weighted by molar-refractivity contribution is 7.85. The zero-order chi connectivity index (χ0) is 30.7. The van der Waals surface area contributed by atoms with Gasteiger partial charge >= 0.3 is 5.97 Å². The van der Waals surface area contributed by atoms with Crippen LogP contribution in [0.2, 0.25) is 5.02 Å². The van der Waals surface area contributed by atoms with E-state index < -0.39 is 27.6 Å². The molecule has 0 saturated carbocycles. The zero-order valence-corrected chi connectivity index (χ0v) is 25.7. The Balaban J connectivity index is 2.19. The Bertz CT molecular complexity index is 1510. The average Bonchev–Trinajstić information content (AvgIpc) is 2.96. The van der Waals surface area contributed by atoms with E-state index in [0.29, 0.717) is 48.8 Å². The maximum absolute atomic E-state index is 13.2. The van der Waals surface area contributed by atoms with Gasteiger partial charge in [0.1, 0.15) is 23.7 Å². The monoisotopic (exact) mass is 621 g/mol. The largest absolute Gasteiger partial charge is 0.492 e. The molecule has 10 nitrogen and oxygen atoms in total. The topological polar surface area (TPSA) is 119 Å². The molecule has 42 heavy (non-hydrogen) atoms. The van der Waals surface area contributed by atoms with Gasteiger partial charge in [0.2, 0.25) is 0 Å². The van der Waals surface area contributed by atoms with Crippen molar-refractivity contribution in [3.8, 4) is 22.8 Å². The van der Waals surface area contributed by atoms with Crippen molar-refractivity contribution in [1.29, 1.82) is 0 Å². The minimum atomic E-state index is -3.77. The van der Waals surface area contributed by atoms with Gasteiger partial charge in [-0.1, -0.05) is 48.9 Å². The van der Waals surface area contributed by atoms with Crippen molar-refractivity contribution in [1.82, 2.24) is 4.57 Å². The lowest BCUT2D eigenvalue weighted by atomic mass is 10.1. The van der Waals surface area contributed by atoms with Gasteiger partial charge < -0.3 is 23.5 Å². The number of esters is 1. The molecule has 228 valence electrons. The van der Waals surface area contributed by atoms with Gasteiger partial charge in [-0.25, -0.2) is 4.79 Å². The molecule has 0 N–H and O–H groups in total. The molecule has 0 bridgehead atoms. The second-order valence-corrected chi connectivity index (χ2v) is 11.4. The minimum Gasteiger partial charge on any atom is -0.492 e. The number of hydrogen-bond acceptors (Lipinski definition) is 9. The maximum Gasteiger partial charge on any atom is 0.343 e. The summed E-state index contributed by atoms with van der Waals surface area (Å²) in [5.41, 5.74) is 0.903. The number of carbonyl (C=O) groups is 1. The summed E-state index contributed by atoms with van der Waals surface area (Å²) in [6.07, 6.45) is 3.36. The van der Waals surface area contributed by atoms with Gasteiger partial charge in [0.15, 0.2) is 5.43 Å². The average molecular weight is 622 g/mol. The maximum atomic E-state index is 13.2. The fraction of sp³-hybridized carbons (Fsp3) is 0.400. The first-order chi connectivity index (χ1) is 20.1. The van der Waals surface area contributed by atoms with E-state index in [-0.39, 0.29) is 30.4 Å². The van der Waals surface area contributed by atoms with E-state index >= 15 is 0 Å². The van der Waals surface area contributed by atoms with Gasteiger partial charge in [-0.3, -0.25) is 8.98 Å². The Morgan fingerprint density at radius 2 is 1.76 bits per heavy atom. The van der Waals surface area contributed by atoms with Crippen LogP contribution >= 0.6 is 11.6 Å². The van der Waals surface area contributed by atoms with Crippen molar-refractivity contribution < 1.29 is 36.3 Å². The van der Waals surface area contributed by atoms with Crippen LogP contribution < -0.4 is 14.9 Å². The van der Waals surface area contributed by atoms with E-state index in [9.17, 15) is 18.0 Å². The van der Waals surface area contributed by atoms with Gasteiger partial charge in [-0.2, -0.15) is 8.42 Å². The lowest BCUT2D eigenvalue weighted by Gasteiger charge is -2.25. The summed E-state index contributed by atoms with van der Waals surface area (Å²) in [5, 5.41) is 0.267. The van der Waals surface area contributed by atoms with Gasteiger partial charge in [0, 0.05) is 44.0 Å². The number of carbonyl (C=O) groups excluding carboxylic acids is 1. The fourth-order valence-corrected chi connectivity index (χ4v) is 4.73. The van der Waals surface area contributed by atoms with Crippen molar-refractivity contribution in [2.45, 2.75) is 39.3 Å². The Morgan fingerprint density at radius 1 is 1.02 bits per heavy atom. The molecular formula is C30H36ClNO9S. The number of aromatic nitrogens is 1. The van der Waals surface area contributed by atoms with Crippen molar-refractivity contribution >= 4 is 27.7 Å². The number of halogens is 1. The van der Waals surface area contributed by atoms with E-state index in [4.69, 9.17) is 34.7 Å². The lowest BCUT2D eigenvalue weighted by molar-refractivity contribution is 0.0523. The summed E-state index contributed by atoms with van der Waals surface area (Å²) in [4.78, 5) is 25.8. The molecule has 0 aliphatic carbocycles. The van der Waals surface area contributed by atoms with Crippen molar-refractivity contribution in [3.63, 3.8) is 0 Å². The number of rotatable bonds is 16. The predicted molar refractivity (Wildman–Crippen MR) is 160 cm³/mol. The van der Waals surface area contributed by atoms with Crippen LogP contribution in [0.5, 0.6) is 11.5 Å². The fourth-order valence-electron chi connectivity index (χ4n) is 4.11. The number of benzene rings is 2. The standard InChI is InChI=1S/C30H36ClNO9S/c1-5-22(20-41-42(4,35)36)32-18-24(30(34)38-6-2)27(33)16-26(32)23-15-25(31)29(39-14-10-13-37-3)17-28(23)40-19-21-11-8-7-9-12-21/h7-9,11-12,15-18,22H,5-6,10,13-14,19-20H2,1-4H3/t22-/m1/s1. The summed E-state index contributed by atoms with van der Waals surface area (Å²) in [6.45, 7) is 4.38. The van der Waals surface area contributed by atoms with Gasteiger partial charge in [-0.15, -0.1) is 0 Å². The SMILES string of the molecule is CCOC(=O)c1cn([C@H](CC)COS(C)(=O)=O)c(-c2cc(Cl)c(OCCCOC)cc2OCc2ccccc2)cc1=O. The Morgan fingerprint density at radius 3 is 2.40 bits per heavy atom. The first-order valence-electron chi connectivity index (χ1n) is 13.5. The number of methoxy groups -OCH3 is 1. The zero-order valence-electron chi connectivity index (χ0n) is 24.1. The highest BCUT2D eigenvalue weighted by Gasteiger charge is 2.24. The van der Waals surface area contributed by atoms with Crippen molar-refractivity contribution in [3.05, 3.63) is 81.1 Å². The summed E-state index contributed by atoms with van der Waals surface area (Å²) < 4.78 is 52.7. The summed E-state index contributed by atoms with van der Waals surface area (Å²) in [7, 11) is -2.16. The summed E-state index contributed by atoms with van der Waals surface area (Å²) in [5.74, 6) is -0.0509. The van der Waals surface area contributed by atoms with Crippen molar-refractivity contribution in [2.24, 2.45) is 0 Å². The summed E-state index contributed by atoms with van der Waals surface area (Å²) >= 11 is 6.65. The van der Waals surface area contributed by atoms with Crippen molar-refractivity contribution in [2.75, 3.05) is 39.8 Å². The normalized spacial score (nSPS) is 12.1. The quantitative estimate of drug-likeness (QED) is 0.120. The molecule has 0 spiro atoms. The molecule has 0 fully saturated rings. The number of hydrogen-bond donors (Lipinski definition) is 0. The molecule has 0 saturated heterocycles. The van der Waals surface area contributed by atoms with Crippen LogP contribution in [0.4, 0.5) is 0 Å². The van der Waals surface area contributed by atoms with E-state index in [1.165, 1.54) is 12.3 Å². The molecule has 3 rings (SSSR count). The molecule has 0 aliphatic heterocycles. The molecule has 1 aromatic heterocycles. The molecule has 0 aliphatic rings. The van der Waals surface area contributed by atoms with E-state index in [1.807, 2.05) is 37.3 Å². The van der Waals surface area contributed by atoms with Gasteiger partial charge in [-0.05, 0) is 25.0 Å². The summed E-state index contributed by atoms with van der Waals surface area (Å²) in [6, 6.07) is 13.5. The van der Waals surface area contributed by atoms with Crippen LogP contribution in [0.15, 0.2) is 59.5 Å². The third kappa shape index (κ3) is 9.32. The highest BCUT2D eigenvalue weighted by Crippen LogP contribution is 2.40. The number of nitrogens with zero attached hydrogens (tertiary/aromatic N) is 1. The first kappa shape index (κ1) is 33.1. The van der Waals surface area contributed by atoms with Crippen LogP contribution in [-0.4, -0.2) is 58.7 Å². The molecular weight excluding hydrogens is 586 g/mol. The molecule has 1 heterocycles. The Kier molecular flexibility index (Phi) is 12.4. The third-order valence-electron chi connectivity index (χ3n) is 6.21. The van der Waals surface area contributed by atoms with Crippen LogP contribution in [0.1, 0.15) is 48.7 Å². The van der Waals surface area contributed by atoms with Gasteiger partial charge in [0.25, 0.3) is 10.1 Å². The molecule has 0 unspecified atom stereocenters. The highest BCUT2D eigenvalue weighted by atomic mass is 35.5. The number of ether oxygens (including phenoxy) is 4. The second kappa shape index (κ2) is 15.7. The van der Waals surface area contributed by atoms with Crippen LogP contribution in [0, 0.1) is 0 Å². The van der Waals surface area contributed by atoms with E-state index in [0.717, 1.165) is 11.8 Å². The second-order valence-electron chi connectivity index (χ2n) is 9.36. The van der Waals surface area contributed by atoms with Crippen LogP contribution in [0.3, 0.4) is 0 Å². The van der Waals surface area contributed by atoms with Gasteiger partial charge in [0.05, 0.1) is 42.8 Å². The number of pyridine rings is 1. The molecule has 3 aromatic rings. The van der Waals surface area contributed by atoms with Crippen LogP contribution in [-0.2, 0) is 30.4 Å². The first-order valence-corrected chi connectivity index (χ1v) is 15.7. The molecule has 12 heteroatoms. The molecule has 1 atom stereocenters. The van der Waals surface area contributed by atoms with E-state index in [2.05, 4.69) is 0 Å². The third-order valence-corrected chi connectivity index (χ3v) is 7.07. The molecule has 0 radical (unpaired) electrons. The molecule has 0 amide bonds. The Labute approximate surface area is 251 Å².